The Morgan fingerprint density at radius 3 is 2.70 bits per heavy atom. The number of hydrogen-bond acceptors (Lipinski definition) is 5. The van der Waals surface area contributed by atoms with Crippen LogP contribution < -0.4 is 0 Å². The van der Waals surface area contributed by atoms with Crippen molar-refractivity contribution in [3.05, 3.63) is 35.2 Å². The monoisotopic (exact) mass is 345 g/mol. The van der Waals surface area contributed by atoms with E-state index in [4.69, 9.17) is 4.74 Å². The van der Waals surface area contributed by atoms with Crippen LogP contribution in [-0.4, -0.2) is 36.5 Å². The molecule has 0 bridgehead atoms. The van der Waals surface area contributed by atoms with Gasteiger partial charge >= 0.3 is 5.97 Å². The summed E-state index contributed by atoms with van der Waals surface area (Å²) in [7, 11) is 0. The van der Waals surface area contributed by atoms with Crippen LogP contribution in [0.2, 0.25) is 0 Å². The summed E-state index contributed by atoms with van der Waals surface area (Å²) in [4.78, 5) is 26.4. The van der Waals surface area contributed by atoms with Gasteiger partial charge in [-0.3, -0.25) is 4.79 Å². The minimum Gasteiger partial charge on any atom is -0.451 e. The van der Waals surface area contributed by atoms with Crippen molar-refractivity contribution in [2.24, 2.45) is 0 Å². The molecule has 0 N–H and O–H groups in total. The summed E-state index contributed by atoms with van der Waals surface area (Å²) >= 11 is 3.11. The number of nitrogens with zero attached hydrogens (tertiary/aromatic N) is 1. The molecule has 23 heavy (non-hydrogen) atoms. The Morgan fingerprint density at radius 1 is 1.09 bits per heavy atom. The molecule has 1 aliphatic rings. The van der Waals surface area contributed by atoms with Gasteiger partial charge in [-0.15, -0.1) is 22.7 Å². The average Bonchev–Trinajstić information content (AvgIpc) is 3.27. The van der Waals surface area contributed by atoms with Crippen LogP contribution in [0.5, 0.6) is 0 Å². The Hall–Kier alpha value is -1.92. The third-order valence-corrected chi connectivity index (χ3v) is 6.43. The molecule has 6 heteroatoms. The topological polar surface area (TPSA) is 46.6 Å². The van der Waals surface area contributed by atoms with Crippen LogP contribution in [0.15, 0.2) is 30.3 Å². The zero-order chi connectivity index (χ0) is 15.8. The summed E-state index contributed by atoms with van der Waals surface area (Å²) in [6.45, 7) is 1.39. The third kappa shape index (κ3) is 2.72. The van der Waals surface area contributed by atoms with Gasteiger partial charge in [0.2, 0.25) is 0 Å². The second-order valence-corrected chi connectivity index (χ2v) is 7.70. The Bertz CT molecular complexity index is 890. The molecule has 0 aliphatic carbocycles. The summed E-state index contributed by atoms with van der Waals surface area (Å²) in [5.41, 5.74) is 0. The third-order valence-electron chi connectivity index (χ3n) is 4.04. The first-order valence-electron chi connectivity index (χ1n) is 7.58. The Kier molecular flexibility index (Phi) is 3.79. The number of carbonyl (C=O) groups excluding carboxylic acids is 2. The van der Waals surface area contributed by atoms with Gasteiger partial charge in [-0.05, 0) is 25.0 Å². The normalized spacial score (nSPS) is 14.7. The van der Waals surface area contributed by atoms with Crippen LogP contribution in [0.25, 0.3) is 19.5 Å². The molecule has 0 unspecified atom stereocenters. The van der Waals surface area contributed by atoms with E-state index in [1.807, 2.05) is 18.2 Å². The van der Waals surface area contributed by atoms with Crippen molar-refractivity contribution in [2.45, 2.75) is 12.8 Å². The number of fused-ring (bicyclic) bond motifs is 3. The number of thiophene rings is 2. The van der Waals surface area contributed by atoms with Crippen molar-refractivity contribution >= 4 is 54.0 Å². The lowest BCUT2D eigenvalue weighted by Crippen LogP contribution is -2.31. The van der Waals surface area contributed by atoms with E-state index in [2.05, 4.69) is 12.1 Å². The molecule has 1 aliphatic heterocycles. The molecule has 3 aromatic rings. The molecule has 118 valence electrons. The number of esters is 1. The van der Waals surface area contributed by atoms with Crippen LogP contribution in [0.3, 0.4) is 0 Å². The summed E-state index contributed by atoms with van der Waals surface area (Å²) in [6, 6.07) is 10.0. The van der Waals surface area contributed by atoms with Gasteiger partial charge in [0, 0.05) is 27.9 Å². The molecule has 4 nitrogen and oxygen atoms in total. The van der Waals surface area contributed by atoms with Crippen molar-refractivity contribution in [1.29, 1.82) is 0 Å². The van der Waals surface area contributed by atoms with E-state index in [1.54, 1.807) is 16.2 Å². The number of hydrogen-bond donors (Lipinski definition) is 0. The van der Waals surface area contributed by atoms with Gasteiger partial charge in [-0.25, -0.2) is 4.79 Å². The molecule has 2 aromatic heterocycles. The molecule has 0 radical (unpaired) electrons. The average molecular weight is 345 g/mol. The highest BCUT2D eigenvalue weighted by atomic mass is 32.1. The fourth-order valence-electron chi connectivity index (χ4n) is 2.86. The van der Waals surface area contributed by atoms with Gasteiger partial charge in [0.15, 0.2) is 6.61 Å². The van der Waals surface area contributed by atoms with Gasteiger partial charge in [-0.1, -0.05) is 18.2 Å². The van der Waals surface area contributed by atoms with E-state index in [0.717, 1.165) is 35.3 Å². The molecule has 1 fully saturated rings. The molecular formula is C17H15NO3S2. The molecule has 0 spiro atoms. The van der Waals surface area contributed by atoms with Gasteiger partial charge in [0.05, 0.1) is 4.70 Å². The lowest BCUT2D eigenvalue weighted by atomic mass is 10.2. The Morgan fingerprint density at radius 2 is 1.87 bits per heavy atom. The predicted molar refractivity (Wildman–Crippen MR) is 93.3 cm³/mol. The van der Waals surface area contributed by atoms with Crippen LogP contribution in [0.1, 0.15) is 22.5 Å². The number of ether oxygens (including phenoxy) is 1. The van der Waals surface area contributed by atoms with Gasteiger partial charge in [-0.2, -0.15) is 0 Å². The van der Waals surface area contributed by atoms with Gasteiger partial charge < -0.3 is 9.64 Å². The number of benzene rings is 1. The Balaban J connectivity index is 1.49. The fraction of sp³-hybridized carbons (Fsp3) is 0.294. The van der Waals surface area contributed by atoms with E-state index in [1.165, 1.54) is 21.4 Å². The number of rotatable bonds is 3. The first-order valence-corrected chi connectivity index (χ1v) is 9.21. The second-order valence-electron chi connectivity index (χ2n) is 5.57. The van der Waals surface area contributed by atoms with Crippen molar-refractivity contribution in [3.63, 3.8) is 0 Å². The van der Waals surface area contributed by atoms with Gasteiger partial charge in [0.25, 0.3) is 5.91 Å². The number of carbonyl (C=O) groups is 2. The minimum atomic E-state index is -0.407. The highest BCUT2D eigenvalue weighted by Gasteiger charge is 2.21. The standard InChI is InChI=1S/C17H15NO3S2/c19-15(18-7-3-4-8-18)10-21-17(20)14-9-13-16(23-14)11-5-1-2-6-12(11)22-13/h1-2,5-6,9H,3-4,7-8,10H2. The van der Waals surface area contributed by atoms with Crippen molar-refractivity contribution < 1.29 is 14.3 Å². The second kappa shape index (κ2) is 5.94. The summed E-state index contributed by atoms with van der Waals surface area (Å²) in [6.07, 6.45) is 2.07. The fourth-order valence-corrected chi connectivity index (χ4v) is 5.28. The molecule has 0 atom stereocenters. The summed E-state index contributed by atoms with van der Waals surface area (Å²) in [5, 5.41) is 1.17. The van der Waals surface area contributed by atoms with Crippen molar-refractivity contribution in [1.82, 2.24) is 4.90 Å². The maximum absolute atomic E-state index is 12.2. The lowest BCUT2D eigenvalue weighted by molar-refractivity contribution is -0.133. The zero-order valence-corrected chi connectivity index (χ0v) is 14.0. The molecule has 1 amide bonds. The first-order chi connectivity index (χ1) is 11.2. The van der Waals surface area contributed by atoms with E-state index < -0.39 is 5.97 Å². The quantitative estimate of drug-likeness (QED) is 0.677. The van der Waals surface area contributed by atoms with E-state index in [-0.39, 0.29) is 12.5 Å². The molecule has 4 rings (SSSR count). The Labute approximate surface area is 141 Å². The van der Waals surface area contributed by atoms with Crippen LogP contribution in [-0.2, 0) is 9.53 Å². The number of likely N-dealkylation sites (tertiary alicyclic amines) is 1. The van der Waals surface area contributed by atoms with Crippen molar-refractivity contribution in [2.75, 3.05) is 19.7 Å². The number of amides is 1. The summed E-state index contributed by atoms with van der Waals surface area (Å²) in [5.74, 6) is -0.505. The SMILES string of the molecule is O=C(OCC(=O)N1CCCC1)c1cc2sc3ccccc3c2s1. The minimum absolute atomic E-state index is 0.0975. The first kappa shape index (κ1) is 14.7. The highest BCUT2D eigenvalue weighted by molar-refractivity contribution is 7.33. The summed E-state index contributed by atoms with van der Waals surface area (Å²) < 4.78 is 8.62. The van der Waals surface area contributed by atoms with E-state index >= 15 is 0 Å². The highest BCUT2D eigenvalue weighted by Crippen LogP contribution is 2.39. The molecule has 3 heterocycles. The molecular weight excluding hydrogens is 330 g/mol. The predicted octanol–water partition coefficient (Wildman–Crippen LogP) is 3.90. The van der Waals surface area contributed by atoms with E-state index in [0.29, 0.717) is 4.88 Å². The molecule has 1 aromatic carbocycles. The molecule has 1 saturated heterocycles. The van der Waals surface area contributed by atoms with Crippen LogP contribution in [0.4, 0.5) is 0 Å². The maximum Gasteiger partial charge on any atom is 0.348 e. The van der Waals surface area contributed by atoms with Gasteiger partial charge in [0.1, 0.15) is 4.88 Å². The van der Waals surface area contributed by atoms with E-state index in [9.17, 15) is 9.59 Å². The lowest BCUT2D eigenvalue weighted by Gasteiger charge is -2.14. The smallest absolute Gasteiger partial charge is 0.348 e. The molecule has 0 saturated carbocycles. The van der Waals surface area contributed by atoms with Crippen molar-refractivity contribution in [3.8, 4) is 0 Å². The maximum atomic E-state index is 12.2. The van der Waals surface area contributed by atoms with Crippen LogP contribution in [0, 0.1) is 0 Å². The zero-order valence-electron chi connectivity index (χ0n) is 12.4. The van der Waals surface area contributed by atoms with Crippen LogP contribution >= 0.6 is 22.7 Å². The largest absolute Gasteiger partial charge is 0.451 e.